The topological polar surface area (TPSA) is 62.7 Å². The fraction of sp³-hybridized carbons (Fsp3) is 0.529. The Bertz CT molecular complexity index is 539. The first kappa shape index (κ1) is 22.6. The van der Waals surface area contributed by atoms with Gasteiger partial charge in [-0.1, -0.05) is 6.07 Å². The number of esters is 1. The molecule has 0 saturated heterocycles. The Labute approximate surface area is 160 Å². The number of guanidine groups is 1. The van der Waals surface area contributed by atoms with E-state index < -0.39 is 0 Å². The average molecular weight is 451 g/mol. The van der Waals surface area contributed by atoms with E-state index in [0.29, 0.717) is 13.0 Å². The third kappa shape index (κ3) is 9.05. The van der Waals surface area contributed by atoms with Crippen LogP contribution in [0.3, 0.4) is 0 Å². The van der Waals surface area contributed by atoms with Crippen molar-refractivity contribution in [3.63, 3.8) is 0 Å². The average Bonchev–Trinajstić information content (AvgIpc) is 2.54. The summed E-state index contributed by atoms with van der Waals surface area (Å²) in [5, 5.41) is 6.42. The molecule has 0 aliphatic rings. The highest BCUT2D eigenvalue weighted by Gasteiger charge is 2.02. The van der Waals surface area contributed by atoms with E-state index in [-0.39, 0.29) is 35.8 Å². The van der Waals surface area contributed by atoms with Gasteiger partial charge < -0.3 is 15.4 Å². The van der Waals surface area contributed by atoms with Crippen LogP contribution in [0.15, 0.2) is 23.2 Å². The summed E-state index contributed by atoms with van der Waals surface area (Å²) in [4.78, 5) is 15.1. The second kappa shape index (κ2) is 13.0. The summed E-state index contributed by atoms with van der Waals surface area (Å²) in [7, 11) is 3.11. The van der Waals surface area contributed by atoms with Crippen molar-refractivity contribution in [1.82, 2.24) is 10.6 Å². The minimum absolute atomic E-state index is 0. The Morgan fingerprint density at radius 2 is 1.96 bits per heavy atom. The van der Waals surface area contributed by atoms with E-state index in [4.69, 9.17) is 0 Å². The Morgan fingerprint density at radius 1 is 1.25 bits per heavy atom. The Hall–Kier alpha value is -1.38. The van der Waals surface area contributed by atoms with E-state index in [0.717, 1.165) is 42.9 Å². The second-order valence-electron chi connectivity index (χ2n) is 5.28. The normalized spacial score (nSPS) is 10.8. The van der Waals surface area contributed by atoms with Gasteiger partial charge >= 0.3 is 5.97 Å². The van der Waals surface area contributed by atoms with Gasteiger partial charge in [-0.05, 0) is 49.4 Å². The molecule has 0 amide bonds. The minimum Gasteiger partial charge on any atom is -0.469 e. The zero-order valence-electron chi connectivity index (χ0n) is 14.5. The number of unbranched alkanes of at least 4 members (excludes halogenated alkanes) is 1. The van der Waals surface area contributed by atoms with Gasteiger partial charge in [0, 0.05) is 26.6 Å². The monoisotopic (exact) mass is 451 g/mol. The number of nitrogens with zero attached hydrogens (tertiary/aromatic N) is 1. The van der Waals surface area contributed by atoms with Crippen molar-refractivity contribution in [3.8, 4) is 0 Å². The summed E-state index contributed by atoms with van der Waals surface area (Å²) >= 11 is 0. The second-order valence-corrected chi connectivity index (χ2v) is 5.28. The van der Waals surface area contributed by atoms with Gasteiger partial charge in [-0.2, -0.15) is 0 Å². The van der Waals surface area contributed by atoms with Crippen molar-refractivity contribution in [1.29, 1.82) is 0 Å². The number of carbonyl (C=O) groups excluding carboxylic acids is 1. The molecule has 1 rings (SSSR count). The smallest absolute Gasteiger partial charge is 0.305 e. The summed E-state index contributed by atoms with van der Waals surface area (Å²) in [5.74, 6) is 0.341. The van der Waals surface area contributed by atoms with Crippen LogP contribution in [0, 0.1) is 12.7 Å². The van der Waals surface area contributed by atoms with Crippen LogP contribution in [0.5, 0.6) is 0 Å². The standard InChI is InChI=1S/C17H26FN3O2.HI/c1-13-12-15(18)8-7-14(13)9-11-21-17(19-2)20-10-5-4-6-16(22)23-3;/h7-8,12H,4-6,9-11H2,1-3H3,(H2,19,20,21);1H. The molecule has 0 bridgehead atoms. The lowest BCUT2D eigenvalue weighted by molar-refractivity contribution is -0.140. The van der Waals surface area contributed by atoms with Gasteiger partial charge in [-0.3, -0.25) is 9.79 Å². The fourth-order valence-corrected chi connectivity index (χ4v) is 2.18. The molecule has 2 N–H and O–H groups in total. The first-order chi connectivity index (χ1) is 11.1. The summed E-state index contributed by atoms with van der Waals surface area (Å²) in [6, 6.07) is 4.84. The first-order valence-corrected chi connectivity index (χ1v) is 7.83. The van der Waals surface area contributed by atoms with Gasteiger partial charge in [-0.25, -0.2) is 4.39 Å². The van der Waals surface area contributed by atoms with Gasteiger partial charge in [0.2, 0.25) is 0 Å². The zero-order valence-corrected chi connectivity index (χ0v) is 16.9. The van der Waals surface area contributed by atoms with E-state index in [9.17, 15) is 9.18 Å². The number of ether oxygens (including phenoxy) is 1. The van der Waals surface area contributed by atoms with Crippen LogP contribution in [0.2, 0.25) is 0 Å². The summed E-state index contributed by atoms with van der Waals surface area (Å²) in [6.07, 6.45) is 2.89. The highest BCUT2D eigenvalue weighted by atomic mass is 127. The SMILES string of the molecule is CN=C(NCCCCC(=O)OC)NCCc1ccc(F)cc1C.I. The molecule has 7 heteroatoms. The number of hydrogen-bond acceptors (Lipinski definition) is 3. The van der Waals surface area contributed by atoms with Crippen molar-refractivity contribution in [2.24, 2.45) is 4.99 Å². The van der Waals surface area contributed by atoms with Gasteiger partial charge in [-0.15, -0.1) is 24.0 Å². The Kier molecular flexibility index (Phi) is 12.2. The molecule has 0 heterocycles. The predicted octanol–water partition coefficient (Wildman–Crippen LogP) is 2.80. The maximum absolute atomic E-state index is 13.1. The van der Waals surface area contributed by atoms with E-state index in [1.807, 2.05) is 13.0 Å². The van der Waals surface area contributed by atoms with E-state index in [2.05, 4.69) is 20.4 Å². The minimum atomic E-state index is -0.205. The number of carbonyl (C=O) groups is 1. The van der Waals surface area contributed by atoms with Crippen molar-refractivity contribution in [3.05, 3.63) is 35.1 Å². The first-order valence-electron chi connectivity index (χ1n) is 7.83. The molecule has 0 unspecified atom stereocenters. The molecule has 0 spiro atoms. The van der Waals surface area contributed by atoms with Crippen LogP contribution in [0.4, 0.5) is 4.39 Å². The van der Waals surface area contributed by atoms with Crippen molar-refractivity contribution in [2.45, 2.75) is 32.6 Å². The molecule has 0 radical (unpaired) electrons. The number of aliphatic imine (C=N–C) groups is 1. The molecule has 1 aromatic carbocycles. The van der Waals surface area contributed by atoms with E-state index in [1.165, 1.54) is 13.2 Å². The molecule has 0 fully saturated rings. The molecule has 0 aliphatic carbocycles. The van der Waals surface area contributed by atoms with Crippen LogP contribution < -0.4 is 10.6 Å². The van der Waals surface area contributed by atoms with Crippen LogP contribution >= 0.6 is 24.0 Å². The van der Waals surface area contributed by atoms with Crippen LogP contribution in [0.25, 0.3) is 0 Å². The summed E-state index contributed by atoms with van der Waals surface area (Å²) in [6.45, 7) is 3.37. The van der Waals surface area contributed by atoms with E-state index >= 15 is 0 Å². The Morgan fingerprint density at radius 3 is 2.58 bits per heavy atom. The Balaban J connectivity index is 0.00000529. The van der Waals surface area contributed by atoms with Gasteiger partial charge in [0.1, 0.15) is 5.82 Å². The number of methoxy groups -OCH3 is 1. The highest BCUT2D eigenvalue weighted by molar-refractivity contribution is 14.0. The third-order valence-electron chi connectivity index (χ3n) is 3.54. The summed E-state index contributed by atoms with van der Waals surface area (Å²) < 4.78 is 17.6. The lowest BCUT2D eigenvalue weighted by Crippen LogP contribution is -2.38. The van der Waals surface area contributed by atoms with Crippen LogP contribution in [-0.4, -0.2) is 39.2 Å². The molecule has 136 valence electrons. The van der Waals surface area contributed by atoms with E-state index in [1.54, 1.807) is 13.1 Å². The third-order valence-corrected chi connectivity index (χ3v) is 3.54. The van der Waals surface area contributed by atoms with Crippen LogP contribution in [0.1, 0.15) is 30.4 Å². The zero-order chi connectivity index (χ0) is 17.1. The lowest BCUT2D eigenvalue weighted by atomic mass is 10.1. The lowest BCUT2D eigenvalue weighted by Gasteiger charge is -2.12. The van der Waals surface area contributed by atoms with Gasteiger partial charge in [0.25, 0.3) is 0 Å². The molecule has 5 nitrogen and oxygen atoms in total. The molecule has 0 atom stereocenters. The quantitative estimate of drug-likeness (QED) is 0.210. The molecule has 0 aliphatic heterocycles. The highest BCUT2D eigenvalue weighted by Crippen LogP contribution is 2.10. The number of hydrogen-bond donors (Lipinski definition) is 2. The molecule has 24 heavy (non-hydrogen) atoms. The van der Waals surface area contributed by atoms with Crippen molar-refractivity contribution in [2.75, 3.05) is 27.2 Å². The predicted molar refractivity (Wildman–Crippen MR) is 105 cm³/mol. The fourth-order valence-electron chi connectivity index (χ4n) is 2.18. The number of halogens is 2. The maximum atomic E-state index is 13.1. The van der Waals surface area contributed by atoms with Gasteiger partial charge in [0.15, 0.2) is 5.96 Å². The van der Waals surface area contributed by atoms with Gasteiger partial charge in [0.05, 0.1) is 7.11 Å². The molecule has 0 aromatic heterocycles. The summed E-state index contributed by atoms with van der Waals surface area (Å²) in [5.41, 5.74) is 2.07. The number of rotatable bonds is 8. The molecular weight excluding hydrogens is 424 g/mol. The molecular formula is C17H27FIN3O2. The van der Waals surface area contributed by atoms with Crippen molar-refractivity contribution < 1.29 is 13.9 Å². The number of aryl methyl sites for hydroxylation is 1. The van der Waals surface area contributed by atoms with Crippen LogP contribution in [-0.2, 0) is 16.0 Å². The molecule has 1 aromatic rings. The largest absolute Gasteiger partial charge is 0.469 e. The number of benzene rings is 1. The van der Waals surface area contributed by atoms with Crippen molar-refractivity contribution >= 4 is 35.9 Å². The maximum Gasteiger partial charge on any atom is 0.305 e. The number of nitrogens with one attached hydrogen (secondary N) is 2. The molecule has 0 saturated carbocycles.